The number of aliphatic hydroxyl groups is 2. The van der Waals surface area contributed by atoms with Crippen LogP contribution in [0.25, 0.3) is 10.9 Å². The highest BCUT2D eigenvalue weighted by molar-refractivity contribution is 5.79. The second-order valence-corrected chi connectivity index (χ2v) is 11.3. The van der Waals surface area contributed by atoms with Gasteiger partial charge >= 0.3 is 0 Å². The van der Waals surface area contributed by atoms with Crippen LogP contribution in [0.3, 0.4) is 0 Å². The second kappa shape index (κ2) is 7.78. The summed E-state index contributed by atoms with van der Waals surface area (Å²) in [7, 11) is 0. The van der Waals surface area contributed by atoms with Gasteiger partial charge in [-0.1, -0.05) is 44.2 Å². The fourth-order valence-electron chi connectivity index (χ4n) is 7.96. The van der Waals surface area contributed by atoms with Gasteiger partial charge in [-0.15, -0.1) is 0 Å². The minimum atomic E-state index is -0.253. The van der Waals surface area contributed by atoms with E-state index in [2.05, 4.69) is 61.5 Å². The molecule has 2 aromatic rings. The van der Waals surface area contributed by atoms with Gasteiger partial charge in [-0.2, -0.15) is 0 Å². The minimum absolute atomic E-state index is 0.0901. The van der Waals surface area contributed by atoms with Crippen LogP contribution >= 0.6 is 0 Å². The maximum atomic E-state index is 10.3. The lowest BCUT2D eigenvalue weighted by molar-refractivity contribution is -0.0972. The summed E-state index contributed by atoms with van der Waals surface area (Å²) in [5.74, 6) is 1.99. The lowest BCUT2D eigenvalue weighted by Gasteiger charge is -2.56. The fraction of sp³-hybridized carbons (Fsp3) is 0.643. The van der Waals surface area contributed by atoms with Gasteiger partial charge in [0.1, 0.15) is 0 Å². The first-order chi connectivity index (χ1) is 14.9. The van der Waals surface area contributed by atoms with Gasteiger partial charge in [0.2, 0.25) is 0 Å². The van der Waals surface area contributed by atoms with Crippen molar-refractivity contribution in [1.82, 2.24) is 4.57 Å². The Kier molecular flexibility index (Phi) is 5.34. The van der Waals surface area contributed by atoms with Crippen LogP contribution in [0.5, 0.6) is 0 Å². The molecule has 3 fully saturated rings. The number of fused-ring (bicyclic) bond motifs is 2. The molecule has 0 amide bonds. The summed E-state index contributed by atoms with van der Waals surface area (Å²) in [5, 5.41) is 22.0. The van der Waals surface area contributed by atoms with Crippen molar-refractivity contribution >= 4 is 10.9 Å². The Bertz CT molecular complexity index is 963. The van der Waals surface area contributed by atoms with Crippen LogP contribution in [0.1, 0.15) is 58.8 Å². The molecule has 3 heteroatoms. The molecular weight excluding hydrogens is 382 g/mol. The number of para-hydroxylation sites is 1. The van der Waals surface area contributed by atoms with Gasteiger partial charge in [0.25, 0.3) is 0 Å². The summed E-state index contributed by atoms with van der Waals surface area (Å²) in [6.07, 6.45) is 9.50. The molecule has 3 aliphatic carbocycles. The zero-order chi connectivity index (χ0) is 21.8. The summed E-state index contributed by atoms with van der Waals surface area (Å²) in [5.41, 5.74) is 3.13. The van der Waals surface area contributed by atoms with E-state index in [9.17, 15) is 10.2 Å². The predicted molar refractivity (Wildman–Crippen MR) is 127 cm³/mol. The first kappa shape index (κ1) is 21.3. The highest BCUT2D eigenvalue weighted by atomic mass is 16.3. The Hall–Kier alpha value is -1.58. The standard InChI is InChI=1S/C28H39NO2/c1-19-8-9-24-23(17-29-15-12-20-6-4-5-7-26(20)29)25(11-14-27(19,24)2)28(3)13-10-22(31)16-21(28)18-30/h4-7,12,15,21-25,30-31H,1,8-11,13-14,16-18H2,2-3H3. The molecule has 0 bridgehead atoms. The van der Waals surface area contributed by atoms with Crippen molar-refractivity contribution in [2.45, 2.75) is 71.4 Å². The molecule has 168 valence electrons. The number of allylic oxidation sites excluding steroid dienone is 1. The Morgan fingerprint density at radius 3 is 2.68 bits per heavy atom. The molecule has 3 nitrogen and oxygen atoms in total. The zero-order valence-electron chi connectivity index (χ0n) is 19.3. The molecule has 7 atom stereocenters. The third kappa shape index (κ3) is 3.31. The van der Waals surface area contributed by atoms with Crippen molar-refractivity contribution in [2.24, 2.45) is 34.5 Å². The molecule has 31 heavy (non-hydrogen) atoms. The summed E-state index contributed by atoms with van der Waals surface area (Å²) in [6, 6.07) is 11.0. The molecule has 0 radical (unpaired) electrons. The quantitative estimate of drug-likeness (QED) is 0.613. The Labute approximate surface area is 187 Å². The van der Waals surface area contributed by atoms with Gasteiger partial charge in [-0.25, -0.2) is 0 Å². The highest BCUT2D eigenvalue weighted by Crippen LogP contribution is 2.63. The maximum Gasteiger partial charge on any atom is 0.0544 e. The molecule has 7 unspecified atom stereocenters. The molecule has 2 N–H and O–H groups in total. The number of hydrogen-bond acceptors (Lipinski definition) is 2. The molecule has 1 aromatic heterocycles. The van der Waals surface area contributed by atoms with E-state index in [4.69, 9.17) is 0 Å². The molecule has 1 heterocycles. The van der Waals surface area contributed by atoms with Crippen molar-refractivity contribution < 1.29 is 10.2 Å². The lowest BCUT2D eigenvalue weighted by atomic mass is 9.49. The first-order valence-electron chi connectivity index (χ1n) is 12.4. The minimum Gasteiger partial charge on any atom is -0.396 e. The smallest absolute Gasteiger partial charge is 0.0544 e. The average molecular weight is 422 g/mol. The third-order valence-corrected chi connectivity index (χ3v) is 10.1. The van der Waals surface area contributed by atoms with E-state index in [1.807, 2.05) is 0 Å². The van der Waals surface area contributed by atoms with Gasteiger partial charge < -0.3 is 14.8 Å². The highest BCUT2D eigenvalue weighted by Gasteiger charge is 2.56. The van der Waals surface area contributed by atoms with Gasteiger partial charge in [-0.05, 0) is 97.0 Å². The van der Waals surface area contributed by atoms with E-state index >= 15 is 0 Å². The Morgan fingerprint density at radius 1 is 1.06 bits per heavy atom. The van der Waals surface area contributed by atoms with Gasteiger partial charge in [-0.3, -0.25) is 0 Å². The van der Waals surface area contributed by atoms with Crippen molar-refractivity contribution in [3.63, 3.8) is 0 Å². The average Bonchev–Trinajstić information content (AvgIpc) is 3.31. The number of hydrogen-bond donors (Lipinski definition) is 2. The molecule has 1 aromatic carbocycles. The van der Waals surface area contributed by atoms with E-state index in [0.29, 0.717) is 17.8 Å². The number of rotatable bonds is 4. The van der Waals surface area contributed by atoms with Crippen molar-refractivity contribution in [3.05, 3.63) is 48.7 Å². The predicted octanol–water partition coefficient (Wildman–Crippen LogP) is 5.80. The molecule has 5 rings (SSSR count). The van der Waals surface area contributed by atoms with Crippen LogP contribution in [0.15, 0.2) is 48.7 Å². The van der Waals surface area contributed by atoms with E-state index in [0.717, 1.165) is 32.2 Å². The summed E-state index contributed by atoms with van der Waals surface area (Å²) in [6.45, 7) is 10.6. The fourth-order valence-corrected chi connectivity index (χ4v) is 7.96. The number of aliphatic hydroxyl groups excluding tert-OH is 2. The van der Waals surface area contributed by atoms with Gasteiger partial charge in [0, 0.05) is 24.9 Å². The van der Waals surface area contributed by atoms with Gasteiger partial charge in [0.05, 0.1) is 6.10 Å². The van der Waals surface area contributed by atoms with Crippen LogP contribution in [-0.2, 0) is 6.54 Å². The second-order valence-electron chi connectivity index (χ2n) is 11.3. The Balaban J connectivity index is 1.54. The third-order valence-electron chi connectivity index (χ3n) is 10.1. The van der Waals surface area contributed by atoms with Gasteiger partial charge in [0.15, 0.2) is 0 Å². The largest absolute Gasteiger partial charge is 0.396 e. The molecule has 0 spiro atoms. The van der Waals surface area contributed by atoms with E-state index in [1.165, 1.54) is 35.7 Å². The van der Waals surface area contributed by atoms with Crippen molar-refractivity contribution in [1.29, 1.82) is 0 Å². The van der Waals surface area contributed by atoms with Crippen molar-refractivity contribution in [3.8, 4) is 0 Å². The normalized spacial score (nSPS) is 40.9. The number of nitrogens with zero attached hydrogens (tertiary/aromatic N) is 1. The van der Waals surface area contributed by atoms with Crippen LogP contribution in [0.4, 0.5) is 0 Å². The molecule has 3 aliphatic rings. The van der Waals surface area contributed by atoms with E-state index < -0.39 is 0 Å². The zero-order valence-corrected chi connectivity index (χ0v) is 19.3. The summed E-state index contributed by atoms with van der Waals surface area (Å²) >= 11 is 0. The topological polar surface area (TPSA) is 45.4 Å². The summed E-state index contributed by atoms with van der Waals surface area (Å²) < 4.78 is 2.48. The SMILES string of the molecule is C=C1CCC2C(Cn3ccc4ccccc43)C(C3(C)CCC(O)CC3CO)CCC12C. The Morgan fingerprint density at radius 2 is 1.87 bits per heavy atom. The van der Waals surface area contributed by atoms with E-state index in [1.54, 1.807) is 0 Å². The number of benzene rings is 1. The van der Waals surface area contributed by atoms with E-state index in [-0.39, 0.29) is 29.5 Å². The van der Waals surface area contributed by atoms with Crippen molar-refractivity contribution in [2.75, 3.05) is 6.61 Å². The molecule has 3 saturated carbocycles. The molecular formula is C28H39NO2. The molecule has 0 saturated heterocycles. The number of aromatic nitrogens is 1. The van der Waals surface area contributed by atoms with Crippen LogP contribution in [-0.4, -0.2) is 27.5 Å². The van der Waals surface area contributed by atoms with Crippen LogP contribution in [0, 0.1) is 34.5 Å². The first-order valence-corrected chi connectivity index (χ1v) is 12.4. The monoisotopic (exact) mass is 421 g/mol. The van der Waals surface area contributed by atoms with Crippen LogP contribution in [0.2, 0.25) is 0 Å². The molecule has 0 aliphatic heterocycles. The van der Waals surface area contributed by atoms with Crippen LogP contribution < -0.4 is 0 Å². The lowest BCUT2D eigenvalue weighted by Crippen LogP contribution is -2.52. The maximum absolute atomic E-state index is 10.3. The summed E-state index contributed by atoms with van der Waals surface area (Å²) in [4.78, 5) is 0.